The highest BCUT2D eigenvalue weighted by Gasteiger charge is 2.30. The molecular weight excluding hydrogens is 388 g/mol. The Morgan fingerprint density at radius 3 is 3.04 bits per heavy atom. The number of amides is 1. The number of hydrogen-bond acceptors (Lipinski definition) is 6. The minimum atomic E-state index is -0.0926. The van der Waals surface area contributed by atoms with E-state index in [1.807, 2.05) is 28.1 Å². The number of piperazine rings is 1. The number of carbonyl (C=O) groups is 1. The molecule has 144 valence electrons. The van der Waals surface area contributed by atoms with Crippen molar-refractivity contribution in [1.82, 2.24) is 29.3 Å². The molecule has 1 fully saturated rings. The molecule has 0 saturated carbocycles. The maximum absolute atomic E-state index is 12.8. The van der Waals surface area contributed by atoms with Crippen molar-refractivity contribution in [3.63, 3.8) is 0 Å². The SMILES string of the molecule is Cl.Cn1ccnc1C1CNCCN1C(=O)CCn1cnc2sccc2c1=O. The van der Waals surface area contributed by atoms with Gasteiger partial charge in [0.25, 0.3) is 5.56 Å². The van der Waals surface area contributed by atoms with E-state index in [2.05, 4.69) is 15.3 Å². The van der Waals surface area contributed by atoms with Crippen LogP contribution in [0, 0.1) is 0 Å². The number of imidazole rings is 1. The minimum Gasteiger partial charge on any atom is -0.336 e. The topological polar surface area (TPSA) is 85.1 Å². The highest BCUT2D eigenvalue weighted by atomic mass is 35.5. The van der Waals surface area contributed by atoms with Crippen LogP contribution >= 0.6 is 23.7 Å². The van der Waals surface area contributed by atoms with Gasteiger partial charge in [0.15, 0.2) is 0 Å². The van der Waals surface area contributed by atoms with Crippen LogP contribution in [0.4, 0.5) is 0 Å². The molecule has 0 aromatic carbocycles. The molecule has 1 saturated heterocycles. The Labute approximate surface area is 166 Å². The normalized spacial score (nSPS) is 17.1. The maximum atomic E-state index is 12.8. The van der Waals surface area contributed by atoms with Gasteiger partial charge in [-0.3, -0.25) is 14.2 Å². The largest absolute Gasteiger partial charge is 0.336 e. The molecule has 0 spiro atoms. The van der Waals surface area contributed by atoms with E-state index in [-0.39, 0.29) is 36.3 Å². The Hall–Kier alpha value is -2.23. The molecule has 1 aliphatic rings. The van der Waals surface area contributed by atoms with Crippen LogP contribution in [0.15, 0.2) is 35.0 Å². The molecule has 1 aliphatic heterocycles. The molecule has 8 nitrogen and oxygen atoms in total. The molecule has 10 heteroatoms. The predicted molar refractivity (Wildman–Crippen MR) is 106 cm³/mol. The number of halogens is 1. The molecule has 3 aromatic heterocycles. The Kier molecular flexibility index (Phi) is 5.93. The second kappa shape index (κ2) is 8.20. The molecular formula is C17H21ClN6O2S. The van der Waals surface area contributed by atoms with Crippen LogP contribution in [0.3, 0.4) is 0 Å². The summed E-state index contributed by atoms with van der Waals surface area (Å²) in [7, 11) is 1.93. The van der Waals surface area contributed by atoms with Crippen molar-refractivity contribution in [2.45, 2.75) is 19.0 Å². The smallest absolute Gasteiger partial charge is 0.262 e. The Morgan fingerprint density at radius 2 is 2.26 bits per heavy atom. The summed E-state index contributed by atoms with van der Waals surface area (Å²) in [6.45, 7) is 2.40. The van der Waals surface area contributed by atoms with E-state index in [1.54, 1.807) is 12.3 Å². The van der Waals surface area contributed by atoms with Crippen LogP contribution in [-0.4, -0.2) is 49.5 Å². The van der Waals surface area contributed by atoms with Gasteiger partial charge in [0, 0.05) is 52.0 Å². The molecule has 4 heterocycles. The molecule has 1 unspecified atom stereocenters. The first kappa shape index (κ1) is 19.5. The zero-order chi connectivity index (χ0) is 18.1. The summed E-state index contributed by atoms with van der Waals surface area (Å²) in [4.78, 5) is 36.6. The molecule has 1 atom stereocenters. The number of thiophene rings is 1. The third-order valence-electron chi connectivity index (χ3n) is 4.74. The number of fused-ring (bicyclic) bond motifs is 1. The lowest BCUT2D eigenvalue weighted by Crippen LogP contribution is -2.49. The summed E-state index contributed by atoms with van der Waals surface area (Å²) in [6, 6.07) is 1.69. The molecule has 1 N–H and O–H groups in total. The summed E-state index contributed by atoms with van der Waals surface area (Å²) in [5, 5.41) is 5.79. The van der Waals surface area contributed by atoms with Crippen LogP contribution < -0.4 is 10.9 Å². The van der Waals surface area contributed by atoms with Crippen LogP contribution in [0.2, 0.25) is 0 Å². The maximum Gasteiger partial charge on any atom is 0.262 e. The van der Waals surface area contributed by atoms with Gasteiger partial charge in [0.2, 0.25) is 5.91 Å². The van der Waals surface area contributed by atoms with E-state index in [9.17, 15) is 9.59 Å². The van der Waals surface area contributed by atoms with Gasteiger partial charge in [-0.15, -0.1) is 23.7 Å². The predicted octanol–water partition coefficient (Wildman–Crippen LogP) is 1.18. The van der Waals surface area contributed by atoms with E-state index >= 15 is 0 Å². The summed E-state index contributed by atoms with van der Waals surface area (Å²) in [6.07, 6.45) is 5.42. The third kappa shape index (κ3) is 3.76. The van der Waals surface area contributed by atoms with Gasteiger partial charge in [-0.25, -0.2) is 9.97 Å². The number of carbonyl (C=O) groups excluding carboxylic acids is 1. The lowest BCUT2D eigenvalue weighted by Gasteiger charge is -2.35. The van der Waals surface area contributed by atoms with Gasteiger partial charge in [0.05, 0.1) is 11.7 Å². The molecule has 0 radical (unpaired) electrons. The quantitative estimate of drug-likeness (QED) is 0.700. The monoisotopic (exact) mass is 408 g/mol. The zero-order valence-electron chi connectivity index (χ0n) is 14.9. The van der Waals surface area contributed by atoms with E-state index in [4.69, 9.17) is 0 Å². The van der Waals surface area contributed by atoms with Gasteiger partial charge >= 0.3 is 0 Å². The molecule has 3 aromatic rings. The zero-order valence-corrected chi connectivity index (χ0v) is 16.5. The van der Waals surface area contributed by atoms with E-state index in [0.29, 0.717) is 25.0 Å². The number of nitrogens with one attached hydrogen (secondary N) is 1. The van der Waals surface area contributed by atoms with E-state index in [0.717, 1.165) is 17.2 Å². The minimum absolute atomic E-state index is 0. The van der Waals surface area contributed by atoms with Crippen LogP contribution in [0.25, 0.3) is 10.2 Å². The van der Waals surface area contributed by atoms with Crippen LogP contribution in [-0.2, 0) is 18.4 Å². The average molecular weight is 409 g/mol. The number of rotatable bonds is 4. The standard InChI is InChI=1S/C17H20N6O2S.ClH/c1-21-7-5-19-15(21)13-10-18-4-8-23(13)14(24)2-6-22-11-20-16-12(17(22)25)3-9-26-16;/h3,5,7,9,11,13,18H,2,4,6,8,10H2,1H3;1H. The summed E-state index contributed by atoms with van der Waals surface area (Å²) < 4.78 is 3.46. The van der Waals surface area contributed by atoms with Crippen LogP contribution in [0.1, 0.15) is 18.3 Å². The molecule has 27 heavy (non-hydrogen) atoms. The number of nitrogens with zero attached hydrogens (tertiary/aromatic N) is 5. The van der Waals surface area contributed by atoms with Crippen molar-refractivity contribution in [2.24, 2.45) is 7.05 Å². The number of hydrogen-bond donors (Lipinski definition) is 1. The first-order valence-corrected chi connectivity index (χ1v) is 9.43. The van der Waals surface area contributed by atoms with Crippen molar-refractivity contribution in [2.75, 3.05) is 19.6 Å². The van der Waals surface area contributed by atoms with Gasteiger partial charge in [-0.05, 0) is 11.4 Å². The molecule has 1 amide bonds. The Bertz CT molecular complexity index is 997. The highest BCUT2D eigenvalue weighted by Crippen LogP contribution is 2.21. The fourth-order valence-corrected chi connectivity index (χ4v) is 4.07. The van der Waals surface area contributed by atoms with Gasteiger partial charge in [0.1, 0.15) is 16.7 Å². The Morgan fingerprint density at radius 1 is 1.41 bits per heavy atom. The number of aryl methyl sites for hydroxylation is 2. The van der Waals surface area contributed by atoms with Gasteiger partial charge < -0.3 is 14.8 Å². The van der Waals surface area contributed by atoms with Gasteiger partial charge in [-0.2, -0.15) is 0 Å². The highest BCUT2D eigenvalue weighted by molar-refractivity contribution is 7.16. The fourth-order valence-electron chi connectivity index (χ4n) is 3.34. The second-order valence-corrected chi connectivity index (χ2v) is 7.23. The van der Waals surface area contributed by atoms with Crippen molar-refractivity contribution < 1.29 is 4.79 Å². The van der Waals surface area contributed by atoms with Gasteiger partial charge in [-0.1, -0.05) is 0 Å². The van der Waals surface area contributed by atoms with E-state index < -0.39 is 0 Å². The summed E-state index contributed by atoms with van der Waals surface area (Å²) >= 11 is 1.44. The van der Waals surface area contributed by atoms with E-state index in [1.165, 1.54) is 22.2 Å². The van der Waals surface area contributed by atoms with Crippen molar-refractivity contribution in [3.8, 4) is 0 Å². The Balaban J connectivity index is 0.00000210. The first-order valence-electron chi connectivity index (χ1n) is 8.55. The summed E-state index contributed by atoms with van der Waals surface area (Å²) in [5.74, 6) is 0.890. The first-order chi connectivity index (χ1) is 12.6. The average Bonchev–Trinajstić information content (AvgIpc) is 3.30. The van der Waals surface area contributed by atoms with Crippen LogP contribution in [0.5, 0.6) is 0 Å². The van der Waals surface area contributed by atoms with Crippen molar-refractivity contribution in [1.29, 1.82) is 0 Å². The van der Waals surface area contributed by atoms with Crippen molar-refractivity contribution >= 4 is 39.9 Å². The lowest BCUT2D eigenvalue weighted by atomic mass is 10.1. The molecule has 4 rings (SSSR count). The second-order valence-electron chi connectivity index (χ2n) is 6.34. The summed E-state index contributed by atoms with van der Waals surface area (Å²) in [5.41, 5.74) is -0.0926. The third-order valence-corrected chi connectivity index (χ3v) is 5.56. The fraction of sp³-hybridized carbons (Fsp3) is 0.412. The lowest BCUT2D eigenvalue weighted by molar-refractivity contribution is -0.135. The number of aromatic nitrogens is 4. The van der Waals surface area contributed by atoms with Crippen molar-refractivity contribution in [3.05, 3.63) is 46.3 Å². The molecule has 0 aliphatic carbocycles. The molecule has 0 bridgehead atoms.